The summed E-state index contributed by atoms with van der Waals surface area (Å²) < 4.78 is 7.32. The van der Waals surface area contributed by atoms with Crippen molar-refractivity contribution < 1.29 is 9.52 Å². The molecular weight excluding hydrogens is 410 g/mol. The molecular formula is C24H23N3O3S. The maximum Gasteiger partial charge on any atom is 0.336 e. The Balaban J connectivity index is 1.70. The maximum atomic E-state index is 12.1. The largest absolute Gasteiger partial charge is 0.508 e. The Kier molecular flexibility index (Phi) is 5.95. The fraction of sp³-hybridized carbons (Fsp3) is 0.208. The van der Waals surface area contributed by atoms with Gasteiger partial charge in [0.2, 0.25) is 0 Å². The fourth-order valence-corrected chi connectivity index (χ4v) is 4.48. The number of aromatic nitrogens is 3. The van der Waals surface area contributed by atoms with Gasteiger partial charge in [-0.2, -0.15) is 0 Å². The first-order valence-electron chi connectivity index (χ1n) is 10.0. The van der Waals surface area contributed by atoms with Gasteiger partial charge in [0.05, 0.1) is 0 Å². The van der Waals surface area contributed by atoms with Gasteiger partial charge in [0.25, 0.3) is 0 Å². The third-order valence-corrected chi connectivity index (χ3v) is 6.09. The molecule has 0 aliphatic heterocycles. The Labute approximate surface area is 184 Å². The number of nitrogens with zero attached hydrogens (tertiary/aromatic N) is 3. The van der Waals surface area contributed by atoms with Gasteiger partial charge in [-0.1, -0.05) is 48.5 Å². The van der Waals surface area contributed by atoms with Gasteiger partial charge in [0.1, 0.15) is 11.3 Å². The van der Waals surface area contributed by atoms with E-state index in [1.165, 1.54) is 23.9 Å². The summed E-state index contributed by atoms with van der Waals surface area (Å²) in [7, 11) is 0. The van der Waals surface area contributed by atoms with Crippen LogP contribution in [0.1, 0.15) is 23.6 Å². The zero-order valence-electron chi connectivity index (χ0n) is 17.5. The predicted octanol–water partition coefficient (Wildman–Crippen LogP) is 5.11. The van der Waals surface area contributed by atoms with Gasteiger partial charge in [0.15, 0.2) is 11.0 Å². The smallest absolute Gasteiger partial charge is 0.336 e. The number of allylic oxidation sites excluding steroid dienone is 1. The molecule has 4 aromatic rings. The standard InChI is InChI=1S/C24H23N3O3S/c1-4-9-27-23(17-8-6-7-15(3)10-17)25-26-24(27)31-14-18-12-22(29)30-21-13-20(28)16(5-2)11-19(18)21/h4,6-8,10-13,28H,1,5,9,14H2,2-3H3. The van der Waals surface area contributed by atoms with Crippen LogP contribution in [0.15, 0.2) is 69.5 Å². The molecule has 2 aromatic heterocycles. The minimum atomic E-state index is -0.445. The van der Waals surface area contributed by atoms with E-state index in [0.29, 0.717) is 24.3 Å². The van der Waals surface area contributed by atoms with Gasteiger partial charge in [-0.05, 0) is 36.6 Å². The zero-order chi connectivity index (χ0) is 22.0. The van der Waals surface area contributed by atoms with Crippen LogP contribution in [0.25, 0.3) is 22.4 Å². The van der Waals surface area contributed by atoms with Gasteiger partial charge in [-0.3, -0.25) is 4.57 Å². The second kappa shape index (κ2) is 8.81. The number of thioether (sulfide) groups is 1. The molecule has 0 aliphatic rings. The molecule has 1 N–H and O–H groups in total. The predicted molar refractivity (Wildman–Crippen MR) is 123 cm³/mol. The second-order valence-corrected chi connectivity index (χ2v) is 8.23. The first-order chi connectivity index (χ1) is 15.0. The molecule has 0 unspecified atom stereocenters. The van der Waals surface area contributed by atoms with Crippen LogP contribution in [0.3, 0.4) is 0 Å². The van der Waals surface area contributed by atoms with E-state index in [-0.39, 0.29) is 5.75 Å². The van der Waals surface area contributed by atoms with Crippen LogP contribution < -0.4 is 5.63 Å². The summed E-state index contributed by atoms with van der Waals surface area (Å²) in [5, 5.41) is 20.5. The molecule has 0 amide bonds. The van der Waals surface area contributed by atoms with E-state index in [4.69, 9.17) is 4.42 Å². The van der Waals surface area contributed by atoms with Crippen molar-refractivity contribution in [2.45, 2.75) is 37.7 Å². The molecule has 2 heterocycles. The van der Waals surface area contributed by atoms with E-state index >= 15 is 0 Å². The van der Waals surface area contributed by atoms with Crippen LogP contribution in [0, 0.1) is 6.92 Å². The molecule has 0 saturated carbocycles. The van der Waals surface area contributed by atoms with Gasteiger partial charge < -0.3 is 9.52 Å². The second-order valence-electron chi connectivity index (χ2n) is 7.28. The molecule has 0 atom stereocenters. The minimum absolute atomic E-state index is 0.136. The van der Waals surface area contributed by atoms with E-state index in [2.05, 4.69) is 22.8 Å². The van der Waals surface area contributed by atoms with Crippen LogP contribution in [0.4, 0.5) is 0 Å². The Morgan fingerprint density at radius 2 is 2.03 bits per heavy atom. The quantitative estimate of drug-likeness (QED) is 0.248. The zero-order valence-corrected chi connectivity index (χ0v) is 18.3. The fourth-order valence-electron chi connectivity index (χ4n) is 3.54. The highest BCUT2D eigenvalue weighted by Crippen LogP contribution is 2.31. The topological polar surface area (TPSA) is 81.2 Å². The lowest BCUT2D eigenvalue weighted by Gasteiger charge is -2.10. The number of hydrogen-bond acceptors (Lipinski definition) is 6. The monoisotopic (exact) mass is 433 g/mol. The Hall–Kier alpha value is -3.32. The SMILES string of the molecule is C=CCn1c(SCc2cc(=O)oc3cc(O)c(CC)cc23)nnc1-c1cccc(C)c1. The Morgan fingerprint density at radius 3 is 2.77 bits per heavy atom. The van der Waals surface area contributed by atoms with Crippen LogP contribution in [0.2, 0.25) is 0 Å². The highest BCUT2D eigenvalue weighted by atomic mass is 32.2. The van der Waals surface area contributed by atoms with Crippen LogP contribution in [-0.2, 0) is 18.7 Å². The van der Waals surface area contributed by atoms with Gasteiger partial charge in [0, 0.05) is 35.4 Å². The summed E-state index contributed by atoms with van der Waals surface area (Å²) in [6, 6.07) is 13.0. The van der Waals surface area contributed by atoms with E-state index in [9.17, 15) is 9.90 Å². The average Bonchev–Trinajstić information content (AvgIpc) is 3.14. The highest BCUT2D eigenvalue weighted by Gasteiger charge is 2.16. The molecule has 0 radical (unpaired) electrons. The minimum Gasteiger partial charge on any atom is -0.508 e. The molecule has 0 bridgehead atoms. The summed E-state index contributed by atoms with van der Waals surface area (Å²) in [5.41, 5.74) is 3.72. The third kappa shape index (κ3) is 4.27. The van der Waals surface area contributed by atoms with Crippen molar-refractivity contribution in [3.8, 4) is 17.1 Å². The van der Waals surface area contributed by atoms with Gasteiger partial charge >= 0.3 is 5.63 Å². The van der Waals surface area contributed by atoms with E-state index < -0.39 is 5.63 Å². The molecule has 0 saturated heterocycles. The molecule has 6 nitrogen and oxygen atoms in total. The van der Waals surface area contributed by atoms with Crippen molar-refractivity contribution in [2.24, 2.45) is 0 Å². The number of phenols is 1. The molecule has 0 spiro atoms. The van der Waals surface area contributed by atoms with Crippen molar-refractivity contribution in [1.82, 2.24) is 14.8 Å². The van der Waals surface area contributed by atoms with Crippen LogP contribution in [0.5, 0.6) is 5.75 Å². The number of phenolic OH excluding ortho intramolecular Hbond substituents is 1. The van der Waals surface area contributed by atoms with Crippen molar-refractivity contribution in [2.75, 3.05) is 0 Å². The van der Waals surface area contributed by atoms with E-state index in [1.807, 2.05) is 48.8 Å². The number of aryl methyl sites for hydroxylation is 2. The number of rotatable bonds is 7. The Morgan fingerprint density at radius 1 is 1.19 bits per heavy atom. The summed E-state index contributed by atoms with van der Waals surface area (Å²) in [6.07, 6.45) is 2.50. The summed E-state index contributed by atoms with van der Waals surface area (Å²) in [5.74, 6) is 1.43. The van der Waals surface area contributed by atoms with Crippen LogP contribution >= 0.6 is 11.8 Å². The molecule has 4 rings (SSSR count). The van der Waals surface area contributed by atoms with Gasteiger partial charge in [-0.25, -0.2) is 4.79 Å². The summed E-state index contributed by atoms with van der Waals surface area (Å²) >= 11 is 1.50. The first kappa shape index (κ1) is 20.9. The van der Waals surface area contributed by atoms with E-state index in [0.717, 1.165) is 38.6 Å². The summed E-state index contributed by atoms with van der Waals surface area (Å²) in [6.45, 7) is 8.45. The lowest BCUT2D eigenvalue weighted by molar-refractivity contribution is 0.466. The normalized spacial score (nSPS) is 11.2. The molecule has 31 heavy (non-hydrogen) atoms. The molecule has 0 aliphatic carbocycles. The van der Waals surface area contributed by atoms with Crippen molar-refractivity contribution in [3.63, 3.8) is 0 Å². The summed E-state index contributed by atoms with van der Waals surface area (Å²) in [4.78, 5) is 12.1. The Bertz CT molecular complexity index is 1320. The number of hydrogen-bond donors (Lipinski definition) is 1. The molecule has 7 heteroatoms. The third-order valence-electron chi connectivity index (χ3n) is 5.07. The maximum absolute atomic E-state index is 12.1. The number of aromatic hydroxyl groups is 1. The molecule has 0 fully saturated rings. The van der Waals surface area contributed by atoms with Gasteiger partial charge in [-0.15, -0.1) is 16.8 Å². The lowest BCUT2D eigenvalue weighted by atomic mass is 10.1. The van der Waals surface area contributed by atoms with Crippen molar-refractivity contribution in [1.29, 1.82) is 0 Å². The van der Waals surface area contributed by atoms with Crippen LogP contribution in [-0.4, -0.2) is 19.9 Å². The first-order valence-corrected chi connectivity index (χ1v) is 11.0. The highest BCUT2D eigenvalue weighted by molar-refractivity contribution is 7.98. The van der Waals surface area contributed by atoms with Crippen molar-refractivity contribution in [3.05, 3.63) is 82.2 Å². The molecule has 2 aromatic carbocycles. The van der Waals surface area contributed by atoms with E-state index in [1.54, 1.807) is 0 Å². The van der Waals surface area contributed by atoms with Crippen molar-refractivity contribution >= 4 is 22.7 Å². The lowest BCUT2D eigenvalue weighted by Crippen LogP contribution is -2.03. The number of benzene rings is 2. The molecule has 158 valence electrons. The average molecular weight is 434 g/mol. The number of fused-ring (bicyclic) bond motifs is 1.